The number of amides is 2. The normalized spacial score (nSPS) is 22.4. The Hall–Kier alpha value is -2.41. The molecule has 1 atom stereocenters. The van der Waals surface area contributed by atoms with Crippen LogP contribution in [0.15, 0.2) is 24.3 Å². The molecule has 2 amide bonds. The fourth-order valence-electron chi connectivity index (χ4n) is 3.49. The summed E-state index contributed by atoms with van der Waals surface area (Å²) in [4.78, 5) is 39.3. The zero-order valence-corrected chi connectivity index (χ0v) is 14.2. The standard InChI is InChI=1S/C18H22N2O5/c1-2-25-14-5-3-13(4-6-14)20-16(21)11-15(17(20)22)19-9-7-12(8-10-19)18(23)24/h3-6,12,15H,2,7-11H2,1H3,(H,23,24)/t15-/m1/s1. The number of aliphatic carboxylic acids is 1. The van der Waals surface area contributed by atoms with Gasteiger partial charge < -0.3 is 9.84 Å². The number of hydrogen-bond acceptors (Lipinski definition) is 5. The number of carbonyl (C=O) groups is 3. The lowest BCUT2D eigenvalue weighted by Crippen LogP contribution is -2.46. The van der Waals surface area contributed by atoms with E-state index in [1.165, 1.54) is 4.90 Å². The van der Waals surface area contributed by atoms with Gasteiger partial charge in [0.25, 0.3) is 5.91 Å². The Balaban J connectivity index is 1.69. The highest BCUT2D eigenvalue weighted by molar-refractivity contribution is 6.22. The van der Waals surface area contributed by atoms with Crippen molar-refractivity contribution in [3.8, 4) is 5.75 Å². The SMILES string of the molecule is CCOc1ccc(N2C(=O)C[C@@H](N3CCC(C(=O)O)CC3)C2=O)cc1. The highest BCUT2D eigenvalue weighted by Gasteiger charge is 2.43. The first-order chi connectivity index (χ1) is 12.0. The number of piperidine rings is 1. The van der Waals surface area contributed by atoms with Crippen LogP contribution in [0.1, 0.15) is 26.2 Å². The van der Waals surface area contributed by atoms with E-state index in [0.717, 1.165) is 0 Å². The Morgan fingerprint density at radius 2 is 1.84 bits per heavy atom. The van der Waals surface area contributed by atoms with Gasteiger partial charge in [-0.25, -0.2) is 4.90 Å². The minimum Gasteiger partial charge on any atom is -0.494 e. The first-order valence-electron chi connectivity index (χ1n) is 8.57. The number of carboxylic acids is 1. The third-order valence-corrected chi connectivity index (χ3v) is 4.85. The summed E-state index contributed by atoms with van der Waals surface area (Å²) in [5.41, 5.74) is 0.543. The number of anilines is 1. The van der Waals surface area contributed by atoms with Crippen molar-refractivity contribution in [2.24, 2.45) is 5.92 Å². The summed E-state index contributed by atoms with van der Waals surface area (Å²) in [5, 5.41) is 9.08. The maximum atomic E-state index is 12.8. The topological polar surface area (TPSA) is 87.2 Å². The molecule has 2 fully saturated rings. The average Bonchev–Trinajstić information content (AvgIpc) is 2.91. The predicted molar refractivity (Wildman–Crippen MR) is 90.4 cm³/mol. The molecular formula is C18H22N2O5. The van der Waals surface area contributed by atoms with Gasteiger partial charge in [0.15, 0.2) is 0 Å². The van der Waals surface area contributed by atoms with E-state index in [4.69, 9.17) is 9.84 Å². The second-order valence-electron chi connectivity index (χ2n) is 6.36. The van der Waals surface area contributed by atoms with Gasteiger partial charge in [-0.1, -0.05) is 0 Å². The Morgan fingerprint density at radius 3 is 2.40 bits per heavy atom. The van der Waals surface area contributed by atoms with Crippen LogP contribution in [0.2, 0.25) is 0 Å². The largest absolute Gasteiger partial charge is 0.494 e. The minimum atomic E-state index is -0.788. The molecule has 0 aromatic heterocycles. The van der Waals surface area contributed by atoms with Gasteiger partial charge in [0.2, 0.25) is 5.91 Å². The number of ether oxygens (including phenoxy) is 1. The molecule has 0 spiro atoms. The number of carbonyl (C=O) groups excluding carboxylic acids is 2. The van der Waals surface area contributed by atoms with E-state index in [1.807, 2.05) is 11.8 Å². The molecule has 1 aromatic rings. The smallest absolute Gasteiger partial charge is 0.306 e. The number of benzene rings is 1. The van der Waals surface area contributed by atoms with Gasteiger partial charge in [-0.2, -0.15) is 0 Å². The van der Waals surface area contributed by atoms with E-state index in [1.54, 1.807) is 24.3 Å². The molecule has 1 aromatic carbocycles. The zero-order valence-electron chi connectivity index (χ0n) is 14.2. The van der Waals surface area contributed by atoms with Gasteiger partial charge in [-0.15, -0.1) is 0 Å². The molecule has 2 aliphatic rings. The monoisotopic (exact) mass is 346 g/mol. The average molecular weight is 346 g/mol. The molecule has 7 heteroatoms. The fourth-order valence-corrected chi connectivity index (χ4v) is 3.49. The van der Waals surface area contributed by atoms with Crippen molar-refractivity contribution < 1.29 is 24.2 Å². The van der Waals surface area contributed by atoms with Gasteiger partial charge in [0.1, 0.15) is 5.75 Å². The van der Waals surface area contributed by atoms with Crippen molar-refractivity contribution in [1.82, 2.24) is 4.90 Å². The summed E-state index contributed by atoms with van der Waals surface area (Å²) in [5.74, 6) is -0.907. The Kier molecular flexibility index (Phi) is 5.03. The van der Waals surface area contributed by atoms with Crippen molar-refractivity contribution in [1.29, 1.82) is 0 Å². The van der Waals surface area contributed by atoms with Crippen LogP contribution in [0.25, 0.3) is 0 Å². The van der Waals surface area contributed by atoms with Crippen LogP contribution in [0.5, 0.6) is 5.75 Å². The first kappa shape index (κ1) is 17.4. The molecule has 0 saturated carbocycles. The minimum absolute atomic E-state index is 0.143. The van der Waals surface area contributed by atoms with E-state index < -0.39 is 12.0 Å². The predicted octanol–water partition coefficient (Wildman–Crippen LogP) is 1.51. The molecule has 134 valence electrons. The zero-order chi connectivity index (χ0) is 18.0. The van der Waals surface area contributed by atoms with Crippen molar-refractivity contribution >= 4 is 23.5 Å². The number of imide groups is 1. The maximum Gasteiger partial charge on any atom is 0.306 e. The highest BCUT2D eigenvalue weighted by atomic mass is 16.5. The third-order valence-electron chi connectivity index (χ3n) is 4.85. The van der Waals surface area contributed by atoms with Crippen LogP contribution in [-0.2, 0) is 14.4 Å². The molecule has 0 unspecified atom stereocenters. The van der Waals surface area contributed by atoms with Gasteiger partial charge >= 0.3 is 5.97 Å². The molecule has 2 heterocycles. The second kappa shape index (κ2) is 7.23. The quantitative estimate of drug-likeness (QED) is 0.813. The first-order valence-corrected chi connectivity index (χ1v) is 8.57. The molecule has 1 N–H and O–H groups in total. The van der Waals surface area contributed by atoms with E-state index in [2.05, 4.69) is 0 Å². The van der Waals surface area contributed by atoms with E-state index in [0.29, 0.717) is 44.0 Å². The highest BCUT2D eigenvalue weighted by Crippen LogP contribution is 2.29. The molecule has 7 nitrogen and oxygen atoms in total. The number of hydrogen-bond donors (Lipinski definition) is 1. The van der Waals surface area contributed by atoms with Crippen LogP contribution >= 0.6 is 0 Å². The van der Waals surface area contributed by atoms with Crippen molar-refractivity contribution in [3.63, 3.8) is 0 Å². The number of rotatable bonds is 5. The fraction of sp³-hybridized carbons (Fsp3) is 0.500. The van der Waals surface area contributed by atoms with Gasteiger partial charge in [-0.05, 0) is 57.1 Å². The summed E-state index contributed by atoms with van der Waals surface area (Å²) in [7, 11) is 0. The Bertz CT molecular complexity index is 665. The molecule has 2 aliphatic heterocycles. The summed E-state index contributed by atoms with van der Waals surface area (Å²) >= 11 is 0. The Labute approximate surface area is 146 Å². The van der Waals surface area contributed by atoms with Gasteiger partial charge in [0.05, 0.1) is 30.7 Å². The Morgan fingerprint density at radius 1 is 1.20 bits per heavy atom. The van der Waals surface area contributed by atoms with Gasteiger partial charge in [0, 0.05) is 0 Å². The molecule has 0 radical (unpaired) electrons. The number of nitrogens with zero attached hydrogens (tertiary/aromatic N) is 2. The van der Waals surface area contributed by atoms with Crippen molar-refractivity contribution in [2.75, 3.05) is 24.6 Å². The van der Waals surface area contributed by atoms with Crippen LogP contribution in [0, 0.1) is 5.92 Å². The van der Waals surface area contributed by atoms with Crippen LogP contribution in [0.4, 0.5) is 5.69 Å². The van der Waals surface area contributed by atoms with Crippen LogP contribution in [-0.4, -0.2) is 53.5 Å². The molecule has 25 heavy (non-hydrogen) atoms. The van der Waals surface area contributed by atoms with Gasteiger partial charge in [-0.3, -0.25) is 19.3 Å². The summed E-state index contributed by atoms with van der Waals surface area (Å²) < 4.78 is 5.38. The molecular weight excluding hydrogens is 324 g/mol. The summed E-state index contributed by atoms with van der Waals surface area (Å²) in [6.45, 7) is 3.49. The molecule has 2 saturated heterocycles. The van der Waals surface area contributed by atoms with E-state index in [9.17, 15) is 14.4 Å². The third kappa shape index (κ3) is 3.51. The molecule has 0 bridgehead atoms. The number of likely N-dealkylation sites (tertiary alicyclic amines) is 1. The lowest BCUT2D eigenvalue weighted by atomic mass is 9.96. The van der Waals surface area contributed by atoms with Crippen LogP contribution < -0.4 is 9.64 Å². The van der Waals surface area contributed by atoms with Crippen molar-refractivity contribution in [3.05, 3.63) is 24.3 Å². The van der Waals surface area contributed by atoms with Crippen molar-refractivity contribution in [2.45, 2.75) is 32.2 Å². The summed E-state index contributed by atoms with van der Waals surface area (Å²) in [6.07, 6.45) is 1.16. The summed E-state index contributed by atoms with van der Waals surface area (Å²) in [6, 6.07) is 6.41. The lowest BCUT2D eigenvalue weighted by molar-refractivity contribution is -0.143. The maximum absolute atomic E-state index is 12.8. The molecule has 3 rings (SSSR count). The second-order valence-corrected chi connectivity index (χ2v) is 6.36. The van der Waals surface area contributed by atoms with E-state index >= 15 is 0 Å². The number of carboxylic acid groups (broad SMARTS) is 1. The lowest BCUT2D eigenvalue weighted by Gasteiger charge is -2.33. The van der Waals surface area contributed by atoms with E-state index in [-0.39, 0.29) is 24.2 Å². The molecule has 0 aliphatic carbocycles. The van der Waals surface area contributed by atoms with Crippen LogP contribution in [0.3, 0.4) is 0 Å².